The summed E-state index contributed by atoms with van der Waals surface area (Å²) >= 11 is 0. The number of hydrogen-bond acceptors (Lipinski definition) is 3. The molecule has 12 heavy (non-hydrogen) atoms. The number of aromatic nitrogens is 3. The van der Waals surface area contributed by atoms with E-state index in [1.54, 1.807) is 21.2 Å². The van der Waals surface area contributed by atoms with Crippen LogP contribution in [-0.4, -0.2) is 28.1 Å². The molecule has 1 aromatic rings. The van der Waals surface area contributed by atoms with Crippen LogP contribution < -0.4 is 5.69 Å². The van der Waals surface area contributed by atoms with Crippen molar-refractivity contribution in [3.8, 4) is 0 Å². The van der Waals surface area contributed by atoms with Gasteiger partial charge in [-0.1, -0.05) is 0 Å². The van der Waals surface area contributed by atoms with Crippen LogP contribution in [0.25, 0.3) is 0 Å². The Kier molecular flexibility index (Phi) is 2.65. The average molecular weight is 171 g/mol. The summed E-state index contributed by atoms with van der Waals surface area (Å²) in [5, 5.41) is 4.03. The normalized spacial score (nSPS) is 10.6. The number of hydrogen-bond donors (Lipinski definition) is 0. The van der Waals surface area contributed by atoms with E-state index in [4.69, 9.17) is 4.74 Å². The summed E-state index contributed by atoms with van der Waals surface area (Å²) in [4.78, 5) is 11.2. The minimum absolute atomic E-state index is 0.0962. The summed E-state index contributed by atoms with van der Waals surface area (Å²) < 4.78 is 7.74. The molecule has 0 saturated carbocycles. The molecule has 0 saturated heterocycles. The van der Waals surface area contributed by atoms with Gasteiger partial charge in [0.2, 0.25) is 0 Å². The van der Waals surface area contributed by atoms with Crippen LogP contribution in [0.5, 0.6) is 0 Å². The van der Waals surface area contributed by atoms with Crippen molar-refractivity contribution in [3.05, 3.63) is 16.3 Å². The van der Waals surface area contributed by atoms with Gasteiger partial charge in [-0.15, -0.1) is 0 Å². The third-order valence-electron chi connectivity index (χ3n) is 1.75. The van der Waals surface area contributed by atoms with Crippen molar-refractivity contribution in [1.82, 2.24) is 14.3 Å². The number of rotatable bonds is 3. The molecule has 0 radical (unpaired) electrons. The first-order valence-electron chi connectivity index (χ1n) is 3.74. The molecule has 0 amide bonds. The lowest BCUT2D eigenvalue weighted by atomic mass is 10.4. The molecule has 0 bridgehead atoms. The fraction of sp³-hybridized carbons (Fsp3) is 0.714. The van der Waals surface area contributed by atoms with Crippen molar-refractivity contribution < 1.29 is 4.74 Å². The Balaban J connectivity index is 2.86. The molecular weight excluding hydrogens is 158 g/mol. The van der Waals surface area contributed by atoms with Gasteiger partial charge in [0.1, 0.15) is 5.82 Å². The minimum Gasteiger partial charge on any atom is -0.384 e. The van der Waals surface area contributed by atoms with Gasteiger partial charge in [-0.25, -0.2) is 9.48 Å². The summed E-state index contributed by atoms with van der Waals surface area (Å²) in [7, 11) is 4.97. The molecule has 0 unspecified atom stereocenters. The second-order valence-electron chi connectivity index (χ2n) is 2.62. The van der Waals surface area contributed by atoms with E-state index in [0.717, 1.165) is 5.82 Å². The summed E-state index contributed by atoms with van der Waals surface area (Å²) in [5.74, 6) is 0.754. The van der Waals surface area contributed by atoms with E-state index in [-0.39, 0.29) is 5.69 Å². The Morgan fingerprint density at radius 2 is 2.17 bits per heavy atom. The molecule has 0 aromatic carbocycles. The molecule has 0 aliphatic heterocycles. The molecule has 0 atom stereocenters. The van der Waals surface area contributed by atoms with Crippen LogP contribution in [0, 0.1) is 0 Å². The molecule has 0 aliphatic rings. The average Bonchev–Trinajstić information content (AvgIpc) is 2.30. The summed E-state index contributed by atoms with van der Waals surface area (Å²) in [5.41, 5.74) is -0.0962. The summed E-state index contributed by atoms with van der Waals surface area (Å²) in [6, 6.07) is 0. The Morgan fingerprint density at radius 1 is 1.50 bits per heavy atom. The van der Waals surface area contributed by atoms with E-state index in [9.17, 15) is 4.79 Å². The highest BCUT2D eigenvalue weighted by molar-refractivity contribution is 4.85. The second-order valence-corrected chi connectivity index (χ2v) is 2.62. The predicted molar refractivity (Wildman–Crippen MR) is 44.0 cm³/mol. The van der Waals surface area contributed by atoms with Crippen molar-refractivity contribution in [2.45, 2.75) is 6.42 Å². The lowest BCUT2D eigenvalue weighted by Crippen LogP contribution is -2.20. The van der Waals surface area contributed by atoms with Gasteiger partial charge in [0.25, 0.3) is 0 Å². The quantitative estimate of drug-likeness (QED) is 0.604. The van der Waals surface area contributed by atoms with Gasteiger partial charge in [-0.2, -0.15) is 5.10 Å². The Hall–Kier alpha value is -1.10. The van der Waals surface area contributed by atoms with E-state index in [2.05, 4.69) is 5.10 Å². The monoisotopic (exact) mass is 171 g/mol. The lowest BCUT2D eigenvalue weighted by Gasteiger charge is -1.96. The van der Waals surface area contributed by atoms with E-state index in [1.165, 1.54) is 9.25 Å². The van der Waals surface area contributed by atoms with E-state index in [0.29, 0.717) is 13.0 Å². The molecule has 5 nitrogen and oxygen atoms in total. The number of nitrogens with zero attached hydrogens (tertiary/aromatic N) is 3. The maximum atomic E-state index is 11.2. The third kappa shape index (κ3) is 1.55. The van der Waals surface area contributed by atoms with Gasteiger partial charge >= 0.3 is 5.69 Å². The molecule has 68 valence electrons. The first-order valence-corrected chi connectivity index (χ1v) is 3.74. The number of ether oxygens (including phenoxy) is 1. The van der Waals surface area contributed by atoms with Crippen LogP contribution >= 0.6 is 0 Å². The van der Waals surface area contributed by atoms with Gasteiger partial charge in [-0.3, -0.25) is 4.57 Å². The van der Waals surface area contributed by atoms with Crippen LogP contribution in [0.4, 0.5) is 0 Å². The highest BCUT2D eigenvalue weighted by Gasteiger charge is 2.05. The highest BCUT2D eigenvalue weighted by atomic mass is 16.5. The van der Waals surface area contributed by atoms with Gasteiger partial charge in [-0.05, 0) is 0 Å². The van der Waals surface area contributed by atoms with Crippen molar-refractivity contribution >= 4 is 0 Å². The lowest BCUT2D eigenvalue weighted by molar-refractivity contribution is 0.199. The standard InChI is InChI=1S/C7H13N3O2/c1-9-6(4-5-12-3)8-10(2)7(9)11/h4-5H2,1-3H3. The summed E-state index contributed by atoms with van der Waals surface area (Å²) in [6.07, 6.45) is 0.670. The fourth-order valence-electron chi connectivity index (χ4n) is 1.02. The SMILES string of the molecule is COCCc1nn(C)c(=O)n1C. The van der Waals surface area contributed by atoms with Crippen LogP contribution in [0.1, 0.15) is 5.82 Å². The van der Waals surface area contributed by atoms with Gasteiger partial charge in [0.15, 0.2) is 0 Å². The predicted octanol–water partition coefficient (Wildman–Crippen LogP) is -0.692. The molecule has 1 rings (SSSR count). The topological polar surface area (TPSA) is 49.1 Å². The Bertz CT molecular complexity index is 313. The molecular formula is C7H13N3O2. The van der Waals surface area contributed by atoms with Gasteiger partial charge < -0.3 is 4.74 Å². The van der Waals surface area contributed by atoms with Crippen LogP contribution in [0.3, 0.4) is 0 Å². The number of aryl methyl sites for hydroxylation is 1. The number of methoxy groups -OCH3 is 1. The Morgan fingerprint density at radius 3 is 2.58 bits per heavy atom. The van der Waals surface area contributed by atoms with E-state index in [1.807, 2.05) is 0 Å². The Labute approximate surface area is 70.6 Å². The maximum absolute atomic E-state index is 11.2. The zero-order valence-electron chi connectivity index (χ0n) is 7.57. The van der Waals surface area contributed by atoms with Gasteiger partial charge in [0.05, 0.1) is 6.61 Å². The highest BCUT2D eigenvalue weighted by Crippen LogP contribution is 1.90. The van der Waals surface area contributed by atoms with Crippen molar-refractivity contribution in [2.75, 3.05) is 13.7 Å². The van der Waals surface area contributed by atoms with Crippen LogP contribution in [0.15, 0.2) is 4.79 Å². The molecule has 5 heteroatoms. The molecule has 0 fully saturated rings. The van der Waals surface area contributed by atoms with Crippen molar-refractivity contribution in [3.63, 3.8) is 0 Å². The molecule has 0 aliphatic carbocycles. The first-order chi connectivity index (χ1) is 5.66. The minimum atomic E-state index is -0.0962. The zero-order chi connectivity index (χ0) is 9.14. The maximum Gasteiger partial charge on any atom is 0.345 e. The largest absolute Gasteiger partial charge is 0.384 e. The van der Waals surface area contributed by atoms with Crippen molar-refractivity contribution in [2.24, 2.45) is 14.1 Å². The van der Waals surface area contributed by atoms with Crippen LogP contribution in [-0.2, 0) is 25.3 Å². The smallest absolute Gasteiger partial charge is 0.345 e. The van der Waals surface area contributed by atoms with Crippen molar-refractivity contribution in [1.29, 1.82) is 0 Å². The van der Waals surface area contributed by atoms with Crippen LogP contribution in [0.2, 0.25) is 0 Å². The van der Waals surface area contributed by atoms with E-state index < -0.39 is 0 Å². The molecule has 1 aromatic heterocycles. The molecule has 0 spiro atoms. The molecule has 1 heterocycles. The van der Waals surface area contributed by atoms with E-state index >= 15 is 0 Å². The third-order valence-corrected chi connectivity index (χ3v) is 1.75. The zero-order valence-corrected chi connectivity index (χ0v) is 7.57. The second kappa shape index (κ2) is 3.53. The molecule has 0 N–H and O–H groups in total. The van der Waals surface area contributed by atoms with Gasteiger partial charge in [0, 0.05) is 27.6 Å². The fourth-order valence-corrected chi connectivity index (χ4v) is 1.02. The first kappa shape index (κ1) is 8.99. The summed E-state index contributed by atoms with van der Waals surface area (Å²) in [6.45, 7) is 0.588.